The molecular formula is C6H5ClO4SY. The number of benzene rings is 1. The minimum Gasteiger partial charge on any atom is -0.508 e. The first-order chi connectivity index (χ1) is 5.56. The molecule has 1 rings (SSSR count). The molecular weight excluding hydrogens is 292 g/mol. The van der Waals surface area contributed by atoms with Crippen LogP contribution in [0.25, 0.3) is 0 Å². The van der Waals surface area contributed by atoms with Crippen molar-refractivity contribution in [1.82, 2.24) is 0 Å². The molecule has 1 aromatic carbocycles. The average molecular weight is 298 g/mol. The van der Waals surface area contributed by atoms with Gasteiger partial charge < -0.3 is 5.11 Å². The maximum atomic E-state index is 10.9. The van der Waals surface area contributed by atoms with Crippen LogP contribution in [0.4, 0.5) is 0 Å². The van der Waals surface area contributed by atoms with E-state index in [0.717, 1.165) is 0 Å². The van der Waals surface area contributed by atoms with Crippen LogP contribution < -0.4 is 0 Å². The van der Waals surface area contributed by atoms with Crippen LogP contribution in [0.2, 0.25) is 0 Å². The van der Waals surface area contributed by atoms with Crippen LogP contribution in [0.3, 0.4) is 0 Å². The molecule has 1 N–H and O–H groups in total. The quantitative estimate of drug-likeness (QED) is 0.892. The summed E-state index contributed by atoms with van der Waals surface area (Å²) in [6.07, 6.45) is 0. The van der Waals surface area contributed by atoms with Gasteiger partial charge in [-0.05, 0) is 24.3 Å². The Morgan fingerprint density at radius 2 is 1.69 bits per heavy atom. The van der Waals surface area contributed by atoms with Crippen LogP contribution in [-0.4, -0.2) is 13.5 Å². The van der Waals surface area contributed by atoms with E-state index in [1.54, 1.807) is 0 Å². The van der Waals surface area contributed by atoms with E-state index in [-0.39, 0.29) is 43.4 Å². The second-order valence-electron chi connectivity index (χ2n) is 2.01. The molecule has 0 aliphatic carbocycles. The molecule has 4 nitrogen and oxygen atoms in total. The molecule has 69 valence electrons. The fraction of sp³-hybridized carbons (Fsp3) is 0. The molecule has 13 heavy (non-hydrogen) atoms. The van der Waals surface area contributed by atoms with Crippen molar-refractivity contribution in [3.63, 3.8) is 0 Å². The Kier molecular flexibility index (Phi) is 5.40. The molecule has 0 heterocycles. The fourth-order valence-electron chi connectivity index (χ4n) is 0.649. The van der Waals surface area contributed by atoms with E-state index < -0.39 is 10.1 Å². The summed E-state index contributed by atoms with van der Waals surface area (Å²) in [5, 5.41) is 8.83. The second-order valence-corrected chi connectivity index (χ2v) is 3.89. The van der Waals surface area contributed by atoms with Gasteiger partial charge in [0.2, 0.25) is 0 Å². The summed E-state index contributed by atoms with van der Waals surface area (Å²) in [6.45, 7) is 0. The number of rotatable bonds is 2. The Morgan fingerprint density at radius 3 is 2.08 bits per heavy atom. The van der Waals surface area contributed by atoms with E-state index in [0.29, 0.717) is 0 Å². The normalized spacial score (nSPS) is 10.5. The van der Waals surface area contributed by atoms with Crippen molar-refractivity contribution >= 4 is 22.0 Å². The first-order valence-corrected chi connectivity index (χ1v) is 4.62. The molecule has 7 heteroatoms. The van der Waals surface area contributed by atoms with E-state index in [1.165, 1.54) is 24.3 Å². The Bertz CT molecular complexity index is 361. The second kappa shape index (κ2) is 5.27. The summed E-state index contributed by atoms with van der Waals surface area (Å²) < 4.78 is 25.5. The van der Waals surface area contributed by atoms with Gasteiger partial charge in [-0.1, -0.05) is 0 Å². The van der Waals surface area contributed by atoms with E-state index in [2.05, 4.69) is 3.74 Å². The number of halogens is 1. The fourth-order valence-corrected chi connectivity index (χ4v) is 1.41. The molecule has 0 saturated heterocycles. The monoisotopic (exact) mass is 297 g/mol. The summed E-state index contributed by atoms with van der Waals surface area (Å²) >= 11 is 4.72. The molecule has 0 fully saturated rings. The van der Waals surface area contributed by atoms with Gasteiger partial charge in [0.25, 0.3) is 0 Å². The summed E-state index contributed by atoms with van der Waals surface area (Å²) in [7, 11) is -3.86. The first kappa shape index (κ1) is 13.3. The molecule has 0 aliphatic heterocycles. The van der Waals surface area contributed by atoms with Gasteiger partial charge >= 0.3 is 10.1 Å². The molecule has 1 radical (unpaired) electrons. The van der Waals surface area contributed by atoms with Crippen LogP contribution in [0, 0.1) is 0 Å². The Balaban J connectivity index is 0.00000144. The minimum atomic E-state index is -3.86. The molecule has 1 aromatic rings. The zero-order valence-corrected chi connectivity index (χ0v) is 10.8. The maximum Gasteiger partial charge on any atom is 0.312 e. The molecule has 0 unspecified atom stereocenters. The van der Waals surface area contributed by atoms with Crippen molar-refractivity contribution in [2.75, 3.05) is 0 Å². The van der Waals surface area contributed by atoms with Crippen LogP contribution >= 0.6 is 11.9 Å². The third-order valence-corrected chi connectivity index (χ3v) is 2.72. The van der Waals surface area contributed by atoms with Crippen molar-refractivity contribution in [2.45, 2.75) is 4.90 Å². The van der Waals surface area contributed by atoms with E-state index in [1.807, 2.05) is 0 Å². The van der Waals surface area contributed by atoms with Gasteiger partial charge in [-0.25, -0.2) is 0 Å². The van der Waals surface area contributed by atoms with Crippen molar-refractivity contribution < 1.29 is 50.0 Å². The predicted octanol–water partition coefficient (Wildman–Crippen LogP) is 1.25. The van der Waals surface area contributed by atoms with E-state index in [4.69, 9.17) is 17.0 Å². The predicted molar refractivity (Wildman–Crippen MR) is 42.2 cm³/mol. The molecule has 0 amide bonds. The standard InChI is InChI=1S/C6H5ClO4S.Y/c7-11-12(9,10)6-3-1-5(8)2-4-6;/h1-4,8H;. The van der Waals surface area contributed by atoms with Crippen molar-refractivity contribution in [2.24, 2.45) is 0 Å². The summed E-state index contributed by atoms with van der Waals surface area (Å²) in [6, 6.07) is 4.83. The van der Waals surface area contributed by atoms with Crippen molar-refractivity contribution in [3.05, 3.63) is 24.3 Å². The van der Waals surface area contributed by atoms with Crippen LogP contribution in [0.15, 0.2) is 29.2 Å². The number of hydrogen-bond donors (Lipinski definition) is 1. The van der Waals surface area contributed by atoms with Gasteiger partial charge in [0.05, 0.1) is 16.8 Å². The summed E-state index contributed by atoms with van der Waals surface area (Å²) in [4.78, 5) is -0.102. The van der Waals surface area contributed by atoms with Gasteiger partial charge in [0, 0.05) is 32.7 Å². The molecule has 0 aromatic heterocycles. The Hall–Kier alpha value is 0.324. The SMILES string of the molecule is O=S(=O)(OCl)c1ccc(O)cc1.[Y]. The number of phenolic OH excluding ortho intramolecular Hbond substituents is 1. The topological polar surface area (TPSA) is 63.6 Å². The van der Waals surface area contributed by atoms with Crippen molar-refractivity contribution in [1.29, 1.82) is 0 Å². The smallest absolute Gasteiger partial charge is 0.312 e. The number of hydrogen-bond acceptors (Lipinski definition) is 4. The van der Waals surface area contributed by atoms with Crippen LogP contribution in [0.1, 0.15) is 0 Å². The third-order valence-electron chi connectivity index (χ3n) is 1.21. The largest absolute Gasteiger partial charge is 0.508 e. The zero-order chi connectivity index (χ0) is 9.19. The van der Waals surface area contributed by atoms with E-state index in [9.17, 15) is 8.42 Å². The Morgan fingerprint density at radius 1 is 1.23 bits per heavy atom. The summed E-state index contributed by atoms with van der Waals surface area (Å²) in [5.74, 6) is -0.0245. The van der Waals surface area contributed by atoms with Gasteiger partial charge in [-0.15, -0.1) is 0 Å². The number of aromatic hydroxyl groups is 1. The minimum absolute atomic E-state index is 0. The zero-order valence-electron chi connectivity index (χ0n) is 6.34. The van der Waals surface area contributed by atoms with Gasteiger partial charge in [-0.2, -0.15) is 12.2 Å². The van der Waals surface area contributed by atoms with Crippen LogP contribution in [-0.2, 0) is 46.6 Å². The van der Waals surface area contributed by atoms with Gasteiger partial charge in [0.15, 0.2) is 0 Å². The molecule has 0 saturated carbocycles. The average Bonchev–Trinajstić information content (AvgIpc) is 2.05. The van der Waals surface area contributed by atoms with Gasteiger partial charge in [0.1, 0.15) is 5.75 Å². The first-order valence-electron chi connectivity index (χ1n) is 2.90. The molecule has 0 spiro atoms. The maximum absolute atomic E-state index is 10.9. The van der Waals surface area contributed by atoms with Gasteiger partial charge in [-0.3, -0.25) is 0 Å². The van der Waals surface area contributed by atoms with Crippen molar-refractivity contribution in [3.8, 4) is 5.75 Å². The summed E-state index contributed by atoms with van der Waals surface area (Å²) in [5.41, 5.74) is 0. The third kappa shape index (κ3) is 3.52. The van der Waals surface area contributed by atoms with Crippen LogP contribution in [0.5, 0.6) is 5.75 Å². The molecule has 0 bridgehead atoms. The van der Waals surface area contributed by atoms with E-state index >= 15 is 0 Å². The Labute approximate surface area is 106 Å². The molecule has 0 aliphatic rings. The number of phenols is 1. The molecule has 0 atom stereocenters.